The van der Waals surface area contributed by atoms with E-state index in [0.29, 0.717) is 13.0 Å². The lowest BCUT2D eigenvalue weighted by atomic mass is 9.99. The molecular weight excluding hydrogens is 853 g/mol. The van der Waals surface area contributed by atoms with Crippen LogP contribution in [0.4, 0.5) is 0 Å². The predicted octanol–water partition coefficient (Wildman–Crippen LogP) is 14.8. The molecule has 9 heteroatoms. The Morgan fingerprint density at radius 2 is 0.853 bits per heavy atom. The zero-order chi connectivity index (χ0) is 49.2. The Morgan fingerprint density at radius 1 is 0.471 bits per heavy atom. The number of aliphatic hydroxyl groups excluding tert-OH is 4. The minimum Gasteiger partial charge on any atom is -0.457 e. The molecule has 4 N–H and O–H groups in total. The molecule has 0 bridgehead atoms. The van der Waals surface area contributed by atoms with Crippen molar-refractivity contribution in [1.82, 2.24) is 0 Å². The molecule has 1 saturated heterocycles. The van der Waals surface area contributed by atoms with Gasteiger partial charge in [0.25, 0.3) is 0 Å². The van der Waals surface area contributed by atoms with Gasteiger partial charge in [-0.25, -0.2) is 0 Å². The quantitative estimate of drug-likeness (QED) is 0.0267. The van der Waals surface area contributed by atoms with Crippen LogP contribution in [0, 0.1) is 0 Å². The van der Waals surface area contributed by atoms with Crippen LogP contribution in [0.15, 0.2) is 48.6 Å². The van der Waals surface area contributed by atoms with Crippen molar-refractivity contribution in [2.45, 2.75) is 295 Å². The molecule has 0 aliphatic carbocycles. The number of esters is 1. The van der Waals surface area contributed by atoms with Crippen LogP contribution in [0.25, 0.3) is 0 Å². The molecule has 398 valence electrons. The zero-order valence-electron chi connectivity index (χ0n) is 44.1. The Labute approximate surface area is 418 Å². The van der Waals surface area contributed by atoms with E-state index >= 15 is 0 Å². The average molecular weight is 962 g/mol. The Morgan fingerprint density at radius 3 is 1.29 bits per heavy atom. The smallest absolute Gasteiger partial charge is 0.306 e. The number of rotatable bonds is 50. The number of unbranched alkanes of at least 4 members (excludes halogenated alkanes) is 31. The van der Waals surface area contributed by atoms with E-state index in [1.54, 1.807) is 0 Å². The van der Waals surface area contributed by atoms with E-state index in [1.165, 1.54) is 193 Å². The van der Waals surface area contributed by atoms with Crippen LogP contribution in [0.2, 0.25) is 0 Å². The Hall–Kier alpha value is -1.85. The summed E-state index contributed by atoms with van der Waals surface area (Å²) in [5.74, 6) is -0.315. The summed E-state index contributed by atoms with van der Waals surface area (Å²) in [4.78, 5) is 12.9. The molecule has 1 aliphatic heterocycles. The highest BCUT2D eigenvalue weighted by Gasteiger charge is 2.44. The summed E-state index contributed by atoms with van der Waals surface area (Å²) in [5, 5.41) is 40.3. The molecule has 6 unspecified atom stereocenters. The van der Waals surface area contributed by atoms with Crippen molar-refractivity contribution in [2.75, 3.05) is 26.4 Å². The van der Waals surface area contributed by atoms with Gasteiger partial charge in [-0.2, -0.15) is 0 Å². The van der Waals surface area contributed by atoms with E-state index in [2.05, 4.69) is 62.5 Å². The number of allylic oxidation sites excluding steroid dienone is 8. The van der Waals surface area contributed by atoms with Gasteiger partial charge in [-0.15, -0.1) is 0 Å². The van der Waals surface area contributed by atoms with Gasteiger partial charge >= 0.3 is 5.97 Å². The predicted molar refractivity (Wildman–Crippen MR) is 284 cm³/mol. The lowest BCUT2D eigenvalue weighted by Crippen LogP contribution is -2.59. The largest absolute Gasteiger partial charge is 0.457 e. The first-order chi connectivity index (χ1) is 33.4. The summed E-state index contributed by atoms with van der Waals surface area (Å²) in [6.07, 6.45) is 57.2. The third kappa shape index (κ3) is 39.8. The maximum atomic E-state index is 12.9. The van der Waals surface area contributed by atoms with Crippen LogP contribution in [0.5, 0.6) is 0 Å². The first-order valence-corrected chi connectivity index (χ1v) is 28.7. The van der Waals surface area contributed by atoms with E-state index in [1.807, 2.05) is 0 Å². The van der Waals surface area contributed by atoms with Crippen molar-refractivity contribution in [3.05, 3.63) is 48.6 Å². The second-order valence-electron chi connectivity index (χ2n) is 19.7. The summed E-state index contributed by atoms with van der Waals surface area (Å²) in [6.45, 7) is 4.57. The monoisotopic (exact) mass is 961 g/mol. The molecule has 0 aromatic carbocycles. The molecule has 0 saturated carbocycles. The van der Waals surface area contributed by atoms with Crippen molar-refractivity contribution in [2.24, 2.45) is 0 Å². The van der Waals surface area contributed by atoms with Crippen molar-refractivity contribution in [3.63, 3.8) is 0 Å². The lowest BCUT2D eigenvalue weighted by molar-refractivity contribution is -0.305. The van der Waals surface area contributed by atoms with Crippen LogP contribution in [-0.4, -0.2) is 89.6 Å². The molecule has 1 aliphatic rings. The topological polar surface area (TPSA) is 135 Å². The molecule has 1 heterocycles. The van der Waals surface area contributed by atoms with Gasteiger partial charge < -0.3 is 39.4 Å². The fourth-order valence-corrected chi connectivity index (χ4v) is 8.73. The standard InChI is InChI=1S/C59H108O9/c1-3-5-7-9-11-13-15-17-19-21-23-25-26-27-29-31-33-35-37-39-41-43-45-47-49-65-51-53(52-66-59-58(64)57(63)56(62)54(50-60)68-59)67-55(61)48-46-44-42-40-38-36-34-32-30-28-24-22-20-18-16-14-12-10-8-6-4-2/h15,17,21-24,26-27,53-54,56-60,62-64H,3-14,16,18-20,25,28-52H2,1-2H3/b17-15-,23-21-,24-22-,27-26-. The fraction of sp³-hybridized carbons (Fsp3) is 0.847. The summed E-state index contributed by atoms with van der Waals surface area (Å²) in [6, 6.07) is 0. The van der Waals surface area contributed by atoms with Crippen molar-refractivity contribution in [1.29, 1.82) is 0 Å². The third-order valence-corrected chi connectivity index (χ3v) is 13.2. The Bertz CT molecular complexity index is 1180. The number of hydrogen-bond acceptors (Lipinski definition) is 9. The maximum Gasteiger partial charge on any atom is 0.306 e. The van der Waals surface area contributed by atoms with E-state index in [4.69, 9.17) is 18.9 Å². The highest BCUT2D eigenvalue weighted by Crippen LogP contribution is 2.23. The van der Waals surface area contributed by atoms with Crippen LogP contribution in [0.1, 0.15) is 258 Å². The van der Waals surface area contributed by atoms with Gasteiger partial charge in [0.1, 0.15) is 30.5 Å². The second-order valence-corrected chi connectivity index (χ2v) is 19.7. The number of aliphatic hydroxyl groups is 4. The molecule has 0 aromatic rings. The molecule has 68 heavy (non-hydrogen) atoms. The Balaban J connectivity index is 2.17. The number of hydrogen-bond donors (Lipinski definition) is 4. The van der Waals surface area contributed by atoms with Gasteiger partial charge in [-0.1, -0.05) is 223 Å². The van der Waals surface area contributed by atoms with Gasteiger partial charge in [0.15, 0.2) is 6.29 Å². The van der Waals surface area contributed by atoms with E-state index in [-0.39, 0.29) is 19.2 Å². The van der Waals surface area contributed by atoms with E-state index < -0.39 is 43.4 Å². The SMILES string of the molecule is CCCCCCC/C=C\C/C=C\C/C=C\CCCCCCCCCCCOCC(COC1OC(CO)C(O)C(O)C1O)OC(=O)CCCCCCCCCCC/C=C\CCCCCCCCCC. The van der Waals surface area contributed by atoms with E-state index in [9.17, 15) is 25.2 Å². The summed E-state index contributed by atoms with van der Waals surface area (Å²) in [5.41, 5.74) is 0. The normalized spacial score (nSPS) is 19.4. The van der Waals surface area contributed by atoms with Gasteiger partial charge in [0.05, 0.1) is 19.8 Å². The summed E-state index contributed by atoms with van der Waals surface area (Å²) < 4.78 is 23.0. The molecule has 1 rings (SSSR count). The first kappa shape index (κ1) is 64.2. The third-order valence-electron chi connectivity index (χ3n) is 13.2. The maximum absolute atomic E-state index is 12.9. The van der Waals surface area contributed by atoms with Gasteiger partial charge in [-0.05, 0) is 77.0 Å². The first-order valence-electron chi connectivity index (χ1n) is 28.7. The molecule has 0 amide bonds. The minimum atomic E-state index is -1.54. The van der Waals surface area contributed by atoms with Gasteiger partial charge in [0, 0.05) is 13.0 Å². The lowest BCUT2D eigenvalue weighted by Gasteiger charge is -2.39. The molecule has 6 atom stereocenters. The van der Waals surface area contributed by atoms with Gasteiger partial charge in [0.2, 0.25) is 0 Å². The minimum absolute atomic E-state index is 0.116. The molecule has 0 aromatic heterocycles. The number of ether oxygens (including phenoxy) is 4. The van der Waals surface area contributed by atoms with Crippen molar-refractivity contribution in [3.8, 4) is 0 Å². The highest BCUT2D eigenvalue weighted by atomic mass is 16.7. The molecular formula is C59H108O9. The fourth-order valence-electron chi connectivity index (χ4n) is 8.73. The number of carbonyl (C=O) groups is 1. The zero-order valence-corrected chi connectivity index (χ0v) is 44.1. The summed E-state index contributed by atoms with van der Waals surface area (Å²) in [7, 11) is 0. The van der Waals surface area contributed by atoms with Crippen LogP contribution in [0.3, 0.4) is 0 Å². The molecule has 0 radical (unpaired) electrons. The van der Waals surface area contributed by atoms with Crippen LogP contribution >= 0.6 is 0 Å². The molecule has 0 spiro atoms. The van der Waals surface area contributed by atoms with Crippen LogP contribution < -0.4 is 0 Å². The second kappa shape index (κ2) is 50.1. The molecule has 9 nitrogen and oxygen atoms in total. The highest BCUT2D eigenvalue weighted by molar-refractivity contribution is 5.69. The molecule has 1 fully saturated rings. The van der Waals surface area contributed by atoms with E-state index in [0.717, 1.165) is 44.9 Å². The number of carbonyl (C=O) groups excluding carboxylic acids is 1. The van der Waals surface area contributed by atoms with Crippen molar-refractivity contribution >= 4 is 5.97 Å². The van der Waals surface area contributed by atoms with Crippen LogP contribution in [-0.2, 0) is 23.7 Å². The summed E-state index contributed by atoms with van der Waals surface area (Å²) >= 11 is 0. The van der Waals surface area contributed by atoms with Crippen molar-refractivity contribution < 1.29 is 44.2 Å². The van der Waals surface area contributed by atoms with Gasteiger partial charge in [-0.3, -0.25) is 4.79 Å². The average Bonchev–Trinajstić information content (AvgIpc) is 3.34. The Kier molecular flexibility index (Phi) is 47.3.